The van der Waals surface area contributed by atoms with Crippen LogP contribution < -0.4 is 0 Å². The lowest BCUT2D eigenvalue weighted by atomic mass is 10.0. The molecule has 1 saturated carbocycles. The Morgan fingerprint density at radius 1 is 1.26 bits per heavy atom. The Labute approximate surface area is 157 Å². The van der Waals surface area contributed by atoms with E-state index in [-0.39, 0.29) is 24.8 Å². The molecule has 0 radical (unpaired) electrons. The van der Waals surface area contributed by atoms with Gasteiger partial charge in [0, 0.05) is 49.2 Å². The number of aromatic nitrogens is 3. The van der Waals surface area contributed by atoms with E-state index in [0.29, 0.717) is 13.0 Å². The first-order chi connectivity index (χ1) is 13.0. The highest BCUT2D eigenvalue weighted by molar-refractivity contribution is 5.74. The van der Waals surface area contributed by atoms with Gasteiger partial charge in [0.2, 0.25) is 5.92 Å². The van der Waals surface area contributed by atoms with Crippen molar-refractivity contribution in [2.75, 3.05) is 13.2 Å². The molecule has 2 aromatic rings. The van der Waals surface area contributed by atoms with Crippen LogP contribution in [0.3, 0.4) is 0 Å². The number of halogens is 2. The summed E-state index contributed by atoms with van der Waals surface area (Å²) in [6.07, 6.45) is 6.12. The normalized spacial score (nSPS) is 26.4. The van der Waals surface area contributed by atoms with Gasteiger partial charge in [0.25, 0.3) is 0 Å². The van der Waals surface area contributed by atoms with Crippen LogP contribution in [0.5, 0.6) is 0 Å². The van der Waals surface area contributed by atoms with Crippen LogP contribution in [0.15, 0.2) is 24.4 Å². The lowest BCUT2D eigenvalue weighted by Gasteiger charge is -2.17. The van der Waals surface area contributed by atoms with E-state index in [2.05, 4.69) is 30.1 Å². The smallest absolute Gasteiger partial charge is 0.250 e. The third kappa shape index (κ3) is 3.00. The average Bonchev–Trinajstić information content (AvgIpc) is 3.40. The molecule has 27 heavy (non-hydrogen) atoms. The molecule has 4 nitrogen and oxygen atoms in total. The van der Waals surface area contributed by atoms with Crippen molar-refractivity contribution in [1.82, 2.24) is 14.8 Å². The molecule has 3 heterocycles. The fourth-order valence-electron chi connectivity index (χ4n) is 4.55. The fraction of sp³-hybridized carbons (Fsp3) is 0.524. The summed E-state index contributed by atoms with van der Waals surface area (Å²) in [7, 11) is 0. The van der Waals surface area contributed by atoms with Gasteiger partial charge in [0.05, 0.1) is 24.0 Å². The van der Waals surface area contributed by atoms with Gasteiger partial charge in [0.1, 0.15) is 0 Å². The second-order valence-electron chi connectivity index (χ2n) is 8.02. The van der Waals surface area contributed by atoms with Crippen molar-refractivity contribution in [2.24, 2.45) is 0 Å². The minimum Gasteiger partial charge on any atom is -0.381 e. The summed E-state index contributed by atoms with van der Waals surface area (Å²) < 4.78 is 35.1. The van der Waals surface area contributed by atoms with Crippen molar-refractivity contribution >= 4 is 5.57 Å². The summed E-state index contributed by atoms with van der Waals surface area (Å²) in [5.41, 5.74) is 6.29. The van der Waals surface area contributed by atoms with Crippen LogP contribution in [0.25, 0.3) is 16.8 Å². The number of hydrogen-bond acceptors (Lipinski definition) is 3. The number of pyridine rings is 1. The molecule has 0 amide bonds. The Balaban J connectivity index is 1.55. The third-order valence-corrected chi connectivity index (χ3v) is 6.13. The molecule has 2 fully saturated rings. The third-order valence-electron chi connectivity index (χ3n) is 6.13. The van der Waals surface area contributed by atoms with Crippen molar-refractivity contribution < 1.29 is 13.5 Å². The Morgan fingerprint density at radius 3 is 2.89 bits per heavy atom. The summed E-state index contributed by atoms with van der Waals surface area (Å²) >= 11 is 0. The highest BCUT2D eigenvalue weighted by Crippen LogP contribution is 2.43. The highest BCUT2D eigenvalue weighted by atomic mass is 19.3. The van der Waals surface area contributed by atoms with E-state index < -0.39 is 5.92 Å². The second-order valence-corrected chi connectivity index (χ2v) is 8.02. The minimum atomic E-state index is -2.59. The predicted molar refractivity (Wildman–Crippen MR) is 98.8 cm³/mol. The maximum Gasteiger partial charge on any atom is 0.250 e. The van der Waals surface area contributed by atoms with E-state index in [4.69, 9.17) is 9.84 Å². The summed E-state index contributed by atoms with van der Waals surface area (Å²) in [6, 6.07) is 3.95. The molecule has 3 aliphatic rings. The number of allylic oxidation sites excluding steroid dienone is 2. The van der Waals surface area contributed by atoms with Gasteiger partial charge < -0.3 is 4.74 Å². The average molecular weight is 371 g/mol. The van der Waals surface area contributed by atoms with Gasteiger partial charge >= 0.3 is 0 Å². The molecule has 2 aliphatic carbocycles. The zero-order valence-corrected chi connectivity index (χ0v) is 15.4. The summed E-state index contributed by atoms with van der Waals surface area (Å²) in [5.74, 6) is -2.36. The molecule has 0 N–H and O–H groups in total. The largest absolute Gasteiger partial charge is 0.381 e. The monoisotopic (exact) mass is 371 g/mol. The maximum atomic E-state index is 13.8. The van der Waals surface area contributed by atoms with Crippen molar-refractivity contribution in [3.8, 4) is 11.3 Å². The van der Waals surface area contributed by atoms with Crippen LogP contribution >= 0.6 is 0 Å². The van der Waals surface area contributed by atoms with Gasteiger partial charge in [-0.1, -0.05) is 6.08 Å². The van der Waals surface area contributed by atoms with Crippen molar-refractivity contribution in [3.63, 3.8) is 0 Å². The Hall–Kier alpha value is -2.08. The van der Waals surface area contributed by atoms with E-state index in [1.54, 1.807) is 0 Å². The van der Waals surface area contributed by atoms with Crippen molar-refractivity contribution in [1.29, 1.82) is 0 Å². The van der Waals surface area contributed by atoms with Gasteiger partial charge in [0.15, 0.2) is 0 Å². The number of fused-ring (bicyclic) bond motifs is 1. The van der Waals surface area contributed by atoms with Crippen molar-refractivity contribution in [3.05, 3.63) is 41.4 Å². The predicted octanol–water partition coefficient (Wildman–Crippen LogP) is 4.77. The zero-order valence-electron chi connectivity index (χ0n) is 15.4. The van der Waals surface area contributed by atoms with E-state index >= 15 is 0 Å². The van der Waals surface area contributed by atoms with Gasteiger partial charge in [-0.15, -0.1) is 0 Å². The van der Waals surface area contributed by atoms with Crippen LogP contribution in [0.2, 0.25) is 0 Å². The molecule has 0 bridgehead atoms. The summed E-state index contributed by atoms with van der Waals surface area (Å²) in [5, 5.41) is 4.79. The molecule has 6 heteroatoms. The van der Waals surface area contributed by atoms with Gasteiger partial charge in [-0.25, -0.2) is 8.78 Å². The molecular weight excluding hydrogens is 348 g/mol. The minimum absolute atomic E-state index is 0.0577. The van der Waals surface area contributed by atoms with Crippen LogP contribution in [-0.2, 0) is 11.2 Å². The first-order valence-electron chi connectivity index (χ1n) is 9.72. The Morgan fingerprint density at radius 2 is 2.15 bits per heavy atom. The standard InChI is InChI=1S/C21H23F2N3O/c1-13-2-3-18-17(13)8-15(11-24-18)19-9-20(14-5-7-27-12-14)26(25-19)16-4-6-21(22,23)10-16/h2,8-9,11,14,16H,3-7,10,12H2,1H3/t14-,16+/m1/s1. The molecule has 0 aromatic carbocycles. The summed E-state index contributed by atoms with van der Waals surface area (Å²) in [6.45, 7) is 3.45. The topological polar surface area (TPSA) is 39.9 Å². The van der Waals surface area contributed by atoms with E-state index in [1.807, 2.05) is 10.9 Å². The van der Waals surface area contributed by atoms with E-state index in [1.165, 1.54) is 11.1 Å². The molecule has 0 unspecified atom stereocenters. The van der Waals surface area contributed by atoms with Gasteiger partial charge in [-0.3, -0.25) is 9.67 Å². The Kier molecular flexibility index (Phi) is 3.93. The highest BCUT2D eigenvalue weighted by Gasteiger charge is 2.42. The molecule has 0 spiro atoms. The lowest BCUT2D eigenvalue weighted by Crippen LogP contribution is -2.16. The second kappa shape index (κ2) is 6.23. The van der Waals surface area contributed by atoms with E-state index in [0.717, 1.165) is 42.1 Å². The molecular formula is C21H23F2N3O. The SMILES string of the molecule is CC1=CCc2ncc(-c3cc([C@@H]4CCOC4)n([C@H]4CCC(F)(F)C4)n3)cc21. The lowest BCUT2D eigenvalue weighted by molar-refractivity contribution is 0.00505. The molecule has 1 aliphatic heterocycles. The quantitative estimate of drug-likeness (QED) is 0.780. The van der Waals surface area contributed by atoms with Gasteiger partial charge in [-0.2, -0.15) is 5.10 Å². The molecule has 5 rings (SSSR count). The number of ether oxygens (including phenoxy) is 1. The zero-order chi connectivity index (χ0) is 18.6. The van der Waals surface area contributed by atoms with E-state index in [9.17, 15) is 8.78 Å². The molecule has 2 atom stereocenters. The number of alkyl halides is 2. The van der Waals surface area contributed by atoms with Crippen LogP contribution in [0.4, 0.5) is 8.78 Å². The first-order valence-corrected chi connectivity index (χ1v) is 9.72. The number of nitrogens with zero attached hydrogens (tertiary/aromatic N) is 3. The molecule has 2 aromatic heterocycles. The Bertz CT molecular complexity index is 912. The summed E-state index contributed by atoms with van der Waals surface area (Å²) in [4.78, 5) is 4.60. The maximum absolute atomic E-state index is 13.8. The number of rotatable bonds is 3. The van der Waals surface area contributed by atoms with Crippen LogP contribution in [-0.4, -0.2) is 33.9 Å². The molecule has 1 saturated heterocycles. The van der Waals surface area contributed by atoms with Crippen LogP contribution in [0.1, 0.15) is 61.5 Å². The van der Waals surface area contributed by atoms with Gasteiger partial charge in [-0.05, 0) is 43.0 Å². The van der Waals surface area contributed by atoms with Crippen molar-refractivity contribution in [2.45, 2.75) is 56.9 Å². The molecule has 142 valence electrons. The first kappa shape index (κ1) is 17.0. The number of hydrogen-bond donors (Lipinski definition) is 0. The fourth-order valence-corrected chi connectivity index (χ4v) is 4.55. The van der Waals surface area contributed by atoms with Crippen LogP contribution in [0, 0.1) is 0 Å².